The van der Waals surface area contributed by atoms with Gasteiger partial charge in [-0.2, -0.15) is 0 Å². The first-order valence-corrected chi connectivity index (χ1v) is 15.4. The molecular formula is C39H56IrNO2-. The van der Waals surface area contributed by atoms with E-state index in [2.05, 4.69) is 117 Å². The molecule has 0 fully saturated rings. The van der Waals surface area contributed by atoms with E-state index in [0.717, 1.165) is 29.7 Å². The smallest absolute Gasteiger partial charge is 0.164 e. The van der Waals surface area contributed by atoms with E-state index in [4.69, 9.17) is 0 Å². The molecule has 0 atom stereocenters. The van der Waals surface area contributed by atoms with Gasteiger partial charge in [-0.1, -0.05) is 115 Å². The van der Waals surface area contributed by atoms with Crippen molar-refractivity contribution < 1.29 is 30.0 Å². The van der Waals surface area contributed by atoms with Gasteiger partial charge in [0.05, 0.1) is 0 Å². The Morgan fingerprint density at radius 1 is 0.860 bits per heavy atom. The van der Waals surface area contributed by atoms with Gasteiger partial charge in [-0.05, 0) is 57.7 Å². The van der Waals surface area contributed by atoms with Crippen molar-refractivity contribution in [3.05, 3.63) is 77.2 Å². The first-order chi connectivity index (χ1) is 19.0. The Morgan fingerprint density at radius 2 is 1.42 bits per heavy atom. The molecule has 0 saturated heterocycles. The molecule has 1 heterocycles. The molecule has 0 amide bonds. The summed E-state index contributed by atoms with van der Waals surface area (Å²) in [6.45, 7) is 29.4. The van der Waals surface area contributed by atoms with E-state index < -0.39 is 5.41 Å². The van der Waals surface area contributed by atoms with E-state index in [1.807, 2.05) is 33.9 Å². The monoisotopic (exact) mass is 763 g/mol. The van der Waals surface area contributed by atoms with Gasteiger partial charge < -0.3 is 10.1 Å². The Kier molecular flexibility index (Phi) is 13.2. The molecule has 4 heteroatoms. The summed E-state index contributed by atoms with van der Waals surface area (Å²) in [5.74, 6) is 0.729. The number of aryl methyl sites for hydroxylation is 2. The maximum Gasteiger partial charge on any atom is 0.164 e. The van der Waals surface area contributed by atoms with Crippen LogP contribution in [0.15, 0.2) is 54.4 Å². The van der Waals surface area contributed by atoms with Gasteiger partial charge in [0.2, 0.25) is 0 Å². The second kappa shape index (κ2) is 14.7. The normalized spacial score (nSPS) is 13.0. The number of rotatable bonds is 7. The van der Waals surface area contributed by atoms with Crippen LogP contribution >= 0.6 is 0 Å². The summed E-state index contributed by atoms with van der Waals surface area (Å²) in [4.78, 5) is 17.2. The van der Waals surface area contributed by atoms with Crippen LogP contribution in [-0.4, -0.2) is 15.9 Å². The second-order valence-corrected chi connectivity index (χ2v) is 16.2. The third-order valence-corrected chi connectivity index (χ3v) is 7.43. The summed E-state index contributed by atoms with van der Waals surface area (Å²) in [6.07, 6.45) is 4.97. The summed E-state index contributed by atoms with van der Waals surface area (Å²) in [6, 6.07) is 16.5. The number of aliphatic hydroxyl groups excluding tert-OH is 1. The van der Waals surface area contributed by atoms with Crippen LogP contribution < -0.4 is 0 Å². The Hall–Kier alpha value is -2.29. The summed E-state index contributed by atoms with van der Waals surface area (Å²) < 4.78 is 0. The molecule has 239 valence electrons. The van der Waals surface area contributed by atoms with Crippen LogP contribution in [0.2, 0.25) is 0 Å². The first-order valence-electron chi connectivity index (χ1n) is 15.4. The number of hydrogen-bond donors (Lipinski definition) is 1. The van der Waals surface area contributed by atoms with Crippen LogP contribution in [0.4, 0.5) is 0 Å². The van der Waals surface area contributed by atoms with Crippen molar-refractivity contribution in [1.82, 2.24) is 4.98 Å². The average Bonchev–Trinajstić information content (AvgIpc) is 2.80. The fourth-order valence-corrected chi connectivity index (χ4v) is 6.13. The predicted molar refractivity (Wildman–Crippen MR) is 181 cm³/mol. The van der Waals surface area contributed by atoms with E-state index in [1.54, 1.807) is 0 Å². The molecule has 3 nitrogen and oxygen atoms in total. The summed E-state index contributed by atoms with van der Waals surface area (Å²) in [5.41, 5.74) is 5.22. The molecule has 0 saturated carbocycles. The van der Waals surface area contributed by atoms with Crippen LogP contribution in [0.5, 0.6) is 0 Å². The molecule has 0 aliphatic rings. The van der Waals surface area contributed by atoms with Crippen LogP contribution in [0, 0.1) is 41.6 Å². The third-order valence-electron chi connectivity index (χ3n) is 7.43. The number of hydrogen-bond acceptors (Lipinski definition) is 3. The molecule has 0 unspecified atom stereocenters. The van der Waals surface area contributed by atoms with Gasteiger partial charge in [0.25, 0.3) is 0 Å². The molecule has 1 N–H and O–H groups in total. The van der Waals surface area contributed by atoms with Crippen LogP contribution in [0.25, 0.3) is 22.0 Å². The summed E-state index contributed by atoms with van der Waals surface area (Å²) >= 11 is 0. The van der Waals surface area contributed by atoms with Crippen molar-refractivity contribution in [2.75, 3.05) is 0 Å². The van der Waals surface area contributed by atoms with Crippen molar-refractivity contribution >= 4 is 16.6 Å². The molecule has 3 rings (SSSR count). The number of aliphatic hydroxyl groups is 1. The number of nitrogens with zero attached hydrogens (tertiary/aromatic N) is 1. The molecule has 0 aliphatic heterocycles. The van der Waals surface area contributed by atoms with Gasteiger partial charge in [-0.25, -0.2) is 0 Å². The fourth-order valence-electron chi connectivity index (χ4n) is 6.13. The Morgan fingerprint density at radius 3 is 1.93 bits per heavy atom. The number of allylic oxidation sites excluding steroid dienone is 2. The quantitative estimate of drug-likeness (QED) is 0.148. The maximum absolute atomic E-state index is 12.5. The van der Waals surface area contributed by atoms with Gasteiger partial charge in [0.1, 0.15) is 5.76 Å². The van der Waals surface area contributed by atoms with E-state index in [-0.39, 0.29) is 47.9 Å². The first kappa shape index (κ1) is 38.7. The topological polar surface area (TPSA) is 50.2 Å². The van der Waals surface area contributed by atoms with Crippen LogP contribution in [0.3, 0.4) is 0 Å². The Labute approximate surface area is 276 Å². The van der Waals surface area contributed by atoms with Gasteiger partial charge in [-0.3, -0.25) is 4.79 Å². The summed E-state index contributed by atoms with van der Waals surface area (Å²) in [7, 11) is 0. The van der Waals surface area contributed by atoms with Crippen LogP contribution in [-0.2, 0) is 24.9 Å². The number of aromatic nitrogens is 1. The standard InChI is InChI=1S/C20H20N.C19H36O2.Ir/c1-13(2)17-6-5-16-7-8-21-20(19(16)12-17)18-10-14(3)9-15(4)11-18;1-16(2,3)12-18(7,8)14(20)11-15(21)19(9,10)13-17(4,5)6;/h5-10,12-13H,1-4H3;11,20H,12-13H2,1-10H3;/q-1;;/b;14-11-;. The van der Waals surface area contributed by atoms with Crippen LogP contribution in [0.1, 0.15) is 119 Å². The fraction of sp³-hybridized carbons (Fsp3) is 0.538. The molecule has 0 spiro atoms. The summed E-state index contributed by atoms with van der Waals surface area (Å²) in [5, 5.41) is 12.9. The van der Waals surface area contributed by atoms with E-state index in [1.165, 1.54) is 28.0 Å². The van der Waals surface area contributed by atoms with Gasteiger partial charge >= 0.3 is 0 Å². The van der Waals surface area contributed by atoms with Crippen molar-refractivity contribution in [2.24, 2.45) is 21.7 Å². The molecule has 3 aromatic rings. The molecule has 2 aromatic carbocycles. The largest absolute Gasteiger partial charge is 0.512 e. The van der Waals surface area contributed by atoms with Gasteiger partial charge in [0, 0.05) is 43.2 Å². The number of pyridine rings is 1. The molecule has 1 aromatic heterocycles. The zero-order valence-corrected chi connectivity index (χ0v) is 31.6. The number of ketones is 1. The Balaban J connectivity index is 0.000000420. The third kappa shape index (κ3) is 12.0. The number of carbonyl (C=O) groups excluding carboxylic acids is 1. The van der Waals surface area contributed by atoms with Gasteiger partial charge in [0.15, 0.2) is 5.78 Å². The van der Waals surface area contributed by atoms with Crippen molar-refractivity contribution in [3.63, 3.8) is 0 Å². The number of fused-ring (bicyclic) bond motifs is 1. The molecular weight excluding hydrogens is 707 g/mol. The molecule has 0 bridgehead atoms. The molecule has 0 aliphatic carbocycles. The minimum atomic E-state index is -0.454. The average molecular weight is 763 g/mol. The minimum Gasteiger partial charge on any atom is -0.512 e. The molecule has 43 heavy (non-hydrogen) atoms. The minimum absolute atomic E-state index is 0. The zero-order valence-electron chi connectivity index (χ0n) is 29.2. The van der Waals surface area contributed by atoms with Crippen molar-refractivity contribution in [2.45, 2.75) is 116 Å². The van der Waals surface area contributed by atoms with Crippen molar-refractivity contribution in [1.29, 1.82) is 0 Å². The SMILES string of the molecule is CC(C)(C)CC(C)(C)C(=O)/C=C(\O)C(C)(C)CC(C)(C)C.Cc1[c-]c(-c2nccc3ccc(C(C)C)cc23)cc(C)c1.[Ir]. The molecule has 1 radical (unpaired) electrons. The van der Waals surface area contributed by atoms with E-state index >= 15 is 0 Å². The maximum atomic E-state index is 12.5. The number of carbonyl (C=O) groups is 1. The number of benzene rings is 2. The zero-order chi connectivity index (χ0) is 32.3. The Bertz CT molecular complexity index is 1400. The van der Waals surface area contributed by atoms with Gasteiger partial charge in [-0.15, -0.1) is 34.9 Å². The van der Waals surface area contributed by atoms with Crippen molar-refractivity contribution in [3.8, 4) is 11.3 Å². The van der Waals surface area contributed by atoms with E-state index in [0.29, 0.717) is 5.92 Å². The van der Waals surface area contributed by atoms with E-state index in [9.17, 15) is 9.90 Å². The predicted octanol–water partition coefficient (Wildman–Crippen LogP) is 11.4. The second-order valence-electron chi connectivity index (χ2n) is 16.2.